The Kier molecular flexibility index (Phi) is 5.43. The molecule has 0 aliphatic rings. The average Bonchev–Trinajstić information content (AvgIpc) is 2.55. The Hall–Kier alpha value is -2.47. The molecular formula is C16H18FN3O2. The van der Waals surface area contributed by atoms with E-state index in [2.05, 4.69) is 10.3 Å². The van der Waals surface area contributed by atoms with Gasteiger partial charge in [-0.3, -0.25) is 4.79 Å². The summed E-state index contributed by atoms with van der Waals surface area (Å²) >= 11 is 0. The molecule has 1 atom stereocenters. The Bertz CT molecular complexity index is 614. The highest BCUT2D eigenvalue weighted by Gasteiger charge is 2.10. The Balaban J connectivity index is 1.90. The fraction of sp³-hybridized carbons (Fsp3) is 0.250. The molecule has 1 aromatic carbocycles. The van der Waals surface area contributed by atoms with Crippen molar-refractivity contribution in [1.29, 1.82) is 0 Å². The lowest BCUT2D eigenvalue weighted by Gasteiger charge is -2.10. The van der Waals surface area contributed by atoms with E-state index in [9.17, 15) is 9.18 Å². The highest BCUT2D eigenvalue weighted by molar-refractivity contribution is 5.78. The molecule has 116 valence electrons. The molecule has 1 unspecified atom stereocenters. The smallest absolute Gasteiger partial charge is 0.224 e. The Morgan fingerprint density at radius 2 is 2.05 bits per heavy atom. The minimum absolute atomic E-state index is 0.0888. The number of pyridine rings is 1. The predicted molar refractivity (Wildman–Crippen MR) is 80.8 cm³/mol. The van der Waals surface area contributed by atoms with Crippen LogP contribution in [0.4, 0.5) is 4.39 Å². The fourth-order valence-corrected chi connectivity index (χ4v) is 1.67. The van der Waals surface area contributed by atoms with Gasteiger partial charge in [0.25, 0.3) is 0 Å². The zero-order chi connectivity index (χ0) is 15.9. The van der Waals surface area contributed by atoms with Crippen LogP contribution in [-0.4, -0.2) is 17.4 Å². The number of ether oxygens (including phenoxy) is 1. The third-order valence-electron chi connectivity index (χ3n) is 3.10. The van der Waals surface area contributed by atoms with Crippen molar-refractivity contribution in [3.8, 4) is 11.6 Å². The molecule has 1 heterocycles. The van der Waals surface area contributed by atoms with E-state index in [-0.39, 0.29) is 17.6 Å². The number of nitrogens with one attached hydrogen (secondary N) is 1. The molecule has 0 fully saturated rings. The molecule has 6 heteroatoms. The van der Waals surface area contributed by atoms with Crippen LogP contribution in [0.1, 0.15) is 12.5 Å². The molecule has 2 aromatic rings. The molecule has 0 spiro atoms. The van der Waals surface area contributed by atoms with Gasteiger partial charge in [-0.1, -0.05) is 13.0 Å². The maximum Gasteiger partial charge on any atom is 0.224 e. The largest absolute Gasteiger partial charge is 0.439 e. The van der Waals surface area contributed by atoms with Gasteiger partial charge in [0.05, 0.1) is 0 Å². The second-order valence-corrected chi connectivity index (χ2v) is 4.92. The van der Waals surface area contributed by atoms with Crippen molar-refractivity contribution in [3.05, 3.63) is 54.0 Å². The van der Waals surface area contributed by atoms with E-state index in [1.165, 1.54) is 24.3 Å². The number of rotatable bonds is 6. The number of carbonyl (C=O) groups is 1. The lowest BCUT2D eigenvalue weighted by Crippen LogP contribution is -2.32. The first kappa shape index (κ1) is 15.9. The lowest BCUT2D eigenvalue weighted by atomic mass is 10.1. The maximum atomic E-state index is 12.8. The Morgan fingerprint density at radius 1 is 1.32 bits per heavy atom. The number of aromatic nitrogens is 1. The minimum Gasteiger partial charge on any atom is -0.439 e. The molecule has 0 aliphatic heterocycles. The van der Waals surface area contributed by atoms with Gasteiger partial charge in [-0.05, 0) is 29.8 Å². The van der Waals surface area contributed by atoms with Crippen LogP contribution >= 0.6 is 0 Å². The molecule has 1 amide bonds. The quantitative estimate of drug-likeness (QED) is 0.858. The number of hydrogen-bond acceptors (Lipinski definition) is 4. The van der Waals surface area contributed by atoms with Crippen LogP contribution in [0.25, 0.3) is 0 Å². The van der Waals surface area contributed by atoms with Gasteiger partial charge in [0.1, 0.15) is 11.6 Å². The molecule has 5 nitrogen and oxygen atoms in total. The number of carbonyl (C=O) groups excluding carboxylic acids is 1. The average molecular weight is 303 g/mol. The summed E-state index contributed by atoms with van der Waals surface area (Å²) < 4.78 is 18.3. The van der Waals surface area contributed by atoms with Crippen molar-refractivity contribution in [3.63, 3.8) is 0 Å². The zero-order valence-corrected chi connectivity index (χ0v) is 12.3. The van der Waals surface area contributed by atoms with Crippen molar-refractivity contribution in [2.75, 3.05) is 6.54 Å². The molecule has 0 aliphatic carbocycles. The summed E-state index contributed by atoms with van der Waals surface area (Å²) in [5.41, 5.74) is 6.28. The highest BCUT2D eigenvalue weighted by atomic mass is 19.1. The van der Waals surface area contributed by atoms with Crippen molar-refractivity contribution < 1.29 is 13.9 Å². The Labute approximate surface area is 128 Å². The first-order valence-electron chi connectivity index (χ1n) is 6.94. The number of nitrogens with two attached hydrogens (primary N) is 1. The van der Waals surface area contributed by atoms with Crippen LogP contribution in [0.3, 0.4) is 0 Å². The fourth-order valence-electron chi connectivity index (χ4n) is 1.67. The van der Waals surface area contributed by atoms with E-state index in [1.807, 2.05) is 0 Å². The van der Waals surface area contributed by atoms with E-state index in [0.717, 1.165) is 5.56 Å². The maximum absolute atomic E-state index is 12.8. The summed E-state index contributed by atoms with van der Waals surface area (Å²) in [6, 6.07) is 9.19. The minimum atomic E-state index is -0.321. The van der Waals surface area contributed by atoms with Gasteiger partial charge < -0.3 is 15.8 Å². The van der Waals surface area contributed by atoms with Crippen molar-refractivity contribution in [2.24, 2.45) is 11.7 Å². The van der Waals surface area contributed by atoms with Gasteiger partial charge in [-0.2, -0.15) is 0 Å². The highest BCUT2D eigenvalue weighted by Crippen LogP contribution is 2.19. The second-order valence-electron chi connectivity index (χ2n) is 4.92. The molecule has 22 heavy (non-hydrogen) atoms. The first-order chi connectivity index (χ1) is 10.6. The van der Waals surface area contributed by atoms with E-state index in [0.29, 0.717) is 24.7 Å². The SMILES string of the molecule is CC(CN)C(=O)NCc1ccc(Oc2ccc(F)cc2)nc1. The van der Waals surface area contributed by atoms with Crippen LogP contribution < -0.4 is 15.8 Å². The van der Waals surface area contributed by atoms with Crippen molar-refractivity contribution >= 4 is 5.91 Å². The van der Waals surface area contributed by atoms with E-state index in [4.69, 9.17) is 10.5 Å². The van der Waals surface area contributed by atoms with Gasteiger partial charge in [-0.15, -0.1) is 0 Å². The number of nitrogens with zero attached hydrogens (tertiary/aromatic N) is 1. The third kappa shape index (κ3) is 4.53. The number of amides is 1. The summed E-state index contributed by atoms with van der Waals surface area (Å²) in [5.74, 6) is 0.282. The summed E-state index contributed by atoms with van der Waals surface area (Å²) in [6.45, 7) is 2.47. The third-order valence-corrected chi connectivity index (χ3v) is 3.10. The van der Waals surface area contributed by atoms with Gasteiger partial charge >= 0.3 is 0 Å². The molecular weight excluding hydrogens is 285 g/mol. The molecule has 0 saturated heterocycles. The monoisotopic (exact) mass is 303 g/mol. The number of benzene rings is 1. The van der Waals surface area contributed by atoms with E-state index >= 15 is 0 Å². The molecule has 0 radical (unpaired) electrons. The second kappa shape index (κ2) is 7.51. The molecule has 2 rings (SSSR count). The first-order valence-corrected chi connectivity index (χ1v) is 6.94. The molecule has 1 aromatic heterocycles. The number of halogens is 1. The van der Waals surface area contributed by atoms with Crippen LogP contribution in [0.15, 0.2) is 42.6 Å². The van der Waals surface area contributed by atoms with Gasteiger partial charge in [-0.25, -0.2) is 9.37 Å². The topological polar surface area (TPSA) is 77.2 Å². The summed E-state index contributed by atoms with van der Waals surface area (Å²) in [6.07, 6.45) is 1.62. The Morgan fingerprint density at radius 3 is 2.64 bits per heavy atom. The lowest BCUT2D eigenvalue weighted by molar-refractivity contribution is -0.124. The number of hydrogen-bond donors (Lipinski definition) is 2. The standard InChI is InChI=1S/C16H18FN3O2/c1-11(8-18)16(21)20-10-12-2-7-15(19-9-12)22-14-5-3-13(17)4-6-14/h2-7,9,11H,8,10,18H2,1H3,(H,20,21). The van der Waals surface area contributed by atoms with Gasteiger partial charge in [0.15, 0.2) is 0 Å². The van der Waals surface area contributed by atoms with Crippen LogP contribution in [0.2, 0.25) is 0 Å². The van der Waals surface area contributed by atoms with Crippen molar-refractivity contribution in [1.82, 2.24) is 10.3 Å². The van der Waals surface area contributed by atoms with Crippen LogP contribution in [0, 0.1) is 11.7 Å². The van der Waals surface area contributed by atoms with Gasteiger partial charge in [0.2, 0.25) is 11.8 Å². The van der Waals surface area contributed by atoms with Crippen LogP contribution in [-0.2, 0) is 11.3 Å². The molecule has 0 saturated carbocycles. The summed E-state index contributed by atoms with van der Waals surface area (Å²) in [4.78, 5) is 15.8. The summed E-state index contributed by atoms with van der Waals surface area (Å²) in [5, 5.41) is 2.78. The summed E-state index contributed by atoms with van der Waals surface area (Å²) in [7, 11) is 0. The normalized spacial score (nSPS) is 11.8. The molecule has 0 bridgehead atoms. The van der Waals surface area contributed by atoms with Crippen molar-refractivity contribution in [2.45, 2.75) is 13.5 Å². The predicted octanol–water partition coefficient (Wildman–Crippen LogP) is 2.22. The van der Waals surface area contributed by atoms with Gasteiger partial charge in [0, 0.05) is 31.3 Å². The molecule has 3 N–H and O–H groups in total. The van der Waals surface area contributed by atoms with Crippen LogP contribution in [0.5, 0.6) is 11.6 Å². The zero-order valence-electron chi connectivity index (χ0n) is 12.3. The van der Waals surface area contributed by atoms with E-state index < -0.39 is 0 Å². The van der Waals surface area contributed by atoms with E-state index in [1.54, 1.807) is 25.3 Å².